The summed E-state index contributed by atoms with van der Waals surface area (Å²) in [5.74, 6) is 1.98. The van der Waals surface area contributed by atoms with Crippen LogP contribution >= 0.6 is 0 Å². The van der Waals surface area contributed by atoms with Crippen molar-refractivity contribution in [1.82, 2.24) is 14.5 Å². The molecular formula is C24H34N4O2S. The average Bonchev–Trinajstić information content (AvgIpc) is 3.38. The van der Waals surface area contributed by atoms with Gasteiger partial charge in [-0.25, -0.2) is 9.19 Å². The fraction of sp³-hybridized carbons (Fsp3) is 0.625. The Bertz CT molecular complexity index is 1130. The molecule has 6 nitrogen and oxygen atoms in total. The molecule has 1 saturated heterocycles. The first-order valence-corrected chi connectivity index (χ1v) is 12.4. The lowest BCUT2D eigenvalue weighted by atomic mass is 10.0. The molecule has 2 atom stereocenters. The largest absolute Gasteiger partial charge is 0.302 e. The summed E-state index contributed by atoms with van der Waals surface area (Å²) in [6.07, 6.45) is 3.73. The molecular weight excluding hydrogens is 408 g/mol. The standard InChI is InChI=1S/C24H34N4O2S/c1-15-11-19(16(2)26-31(30)24(3,4)5)21-20(12-15)23(29)27(6)22(25-21)18-9-10-28(14-18)13-17-7-8-17/h11-12,17-18H,7-10,13-14H2,1-6H3/b26-16+/t18?,31-/m1/s1. The number of rotatable bonds is 5. The Kier molecular flexibility index (Phi) is 5.94. The molecule has 168 valence electrons. The predicted octanol–water partition coefficient (Wildman–Crippen LogP) is 3.71. The molecule has 1 aliphatic carbocycles. The van der Waals surface area contributed by atoms with Gasteiger partial charge in [-0.3, -0.25) is 9.36 Å². The van der Waals surface area contributed by atoms with Crippen molar-refractivity contribution >= 4 is 27.6 Å². The lowest BCUT2D eigenvalue weighted by molar-refractivity contribution is 0.318. The second-order valence-electron chi connectivity index (χ2n) is 10.3. The van der Waals surface area contributed by atoms with Crippen LogP contribution in [-0.2, 0) is 18.0 Å². The number of hydrogen-bond donors (Lipinski definition) is 0. The van der Waals surface area contributed by atoms with Gasteiger partial charge in [-0.2, -0.15) is 4.40 Å². The van der Waals surface area contributed by atoms with Crippen molar-refractivity contribution in [1.29, 1.82) is 0 Å². The summed E-state index contributed by atoms with van der Waals surface area (Å²) >= 11 is 0. The Balaban J connectivity index is 1.78. The van der Waals surface area contributed by atoms with Gasteiger partial charge >= 0.3 is 0 Å². The van der Waals surface area contributed by atoms with E-state index < -0.39 is 15.7 Å². The van der Waals surface area contributed by atoms with Gasteiger partial charge in [0.05, 0.1) is 21.4 Å². The second-order valence-corrected chi connectivity index (χ2v) is 12.2. The number of nitrogens with zero attached hydrogens (tertiary/aromatic N) is 4. The molecule has 1 aromatic carbocycles. The van der Waals surface area contributed by atoms with Gasteiger partial charge in [0.2, 0.25) is 0 Å². The maximum Gasteiger partial charge on any atom is 0.261 e. The molecule has 1 aromatic heterocycles. The van der Waals surface area contributed by atoms with Crippen LogP contribution in [0, 0.1) is 12.8 Å². The minimum atomic E-state index is -1.37. The molecule has 0 amide bonds. The molecule has 2 aliphatic rings. The molecule has 31 heavy (non-hydrogen) atoms. The lowest BCUT2D eigenvalue weighted by Crippen LogP contribution is -2.27. The zero-order valence-electron chi connectivity index (χ0n) is 19.6. The van der Waals surface area contributed by atoms with Gasteiger partial charge in [-0.1, -0.05) is 0 Å². The number of fused-ring (bicyclic) bond motifs is 1. The Labute approximate surface area is 187 Å². The molecule has 0 spiro atoms. The van der Waals surface area contributed by atoms with Gasteiger partial charge in [-0.15, -0.1) is 0 Å². The SMILES string of the molecule is C/C(=N\[S@](=O)C(C)(C)C)c1cc(C)cc2c(=O)n(C)c(C3CCN(CC4CC4)C3)nc12. The van der Waals surface area contributed by atoms with Crippen LogP contribution in [0.15, 0.2) is 21.3 Å². The maximum absolute atomic E-state index is 13.3. The van der Waals surface area contributed by atoms with E-state index in [9.17, 15) is 9.00 Å². The fourth-order valence-corrected chi connectivity index (χ4v) is 4.98. The van der Waals surface area contributed by atoms with Crippen molar-refractivity contribution in [2.45, 2.75) is 64.5 Å². The molecule has 1 saturated carbocycles. The Morgan fingerprint density at radius 3 is 2.61 bits per heavy atom. The summed E-state index contributed by atoms with van der Waals surface area (Å²) in [6.45, 7) is 12.8. The first-order valence-electron chi connectivity index (χ1n) is 11.3. The van der Waals surface area contributed by atoms with E-state index in [2.05, 4.69) is 9.30 Å². The number of aryl methyl sites for hydroxylation is 1. The second kappa shape index (κ2) is 8.24. The van der Waals surface area contributed by atoms with Crippen LogP contribution in [0.4, 0.5) is 0 Å². The average molecular weight is 443 g/mol. The molecule has 2 aromatic rings. The summed E-state index contributed by atoms with van der Waals surface area (Å²) in [4.78, 5) is 20.8. The summed E-state index contributed by atoms with van der Waals surface area (Å²) < 4.78 is 18.4. The molecule has 7 heteroatoms. The van der Waals surface area contributed by atoms with E-state index in [1.54, 1.807) is 4.57 Å². The molecule has 1 aliphatic heterocycles. The van der Waals surface area contributed by atoms with Crippen LogP contribution in [0.1, 0.15) is 69.8 Å². The van der Waals surface area contributed by atoms with Crippen molar-refractivity contribution in [3.8, 4) is 0 Å². The van der Waals surface area contributed by atoms with Gasteiger partial charge < -0.3 is 4.90 Å². The molecule has 0 bridgehead atoms. The van der Waals surface area contributed by atoms with Crippen LogP contribution in [0.3, 0.4) is 0 Å². The highest BCUT2D eigenvalue weighted by atomic mass is 32.2. The fourth-order valence-electron chi connectivity index (χ4n) is 4.36. The lowest BCUT2D eigenvalue weighted by Gasteiger charge is -2.18. The van der Waals surface area contributed by atoms with Gasteiger partial charge in [0, 0.05) is 31.6 Å². The monoisotopic (exact) mass is 442 g/mol. The number of aromatic nitrogens is 2. The smallest absolute Gasteiger partial charge is 0.261 e. The highest BCUT2D eigenvalue weighted by molar-refractivity contribution is 7.85. The van der Waals surface area contributed by atoms with E-state index in [1.807, 2.05) is 53.8 Å². The maximum atomic E-state index is 13.3. The first kappa shape index (κ1) is 22.3. The highest BCUT2D eigenvalue weighted by Crippen LogP contribution is 2.33. The van der Waals surface area contributed by atoms with E-state index in [0.29, 0.717) is 16.6 Å². The van der Waals surface area contributed by atoms with E-state index in [-0.39, 0.29) is 11.5 Å². The summed E-state index contributed by atoms with van der Waals surface area (Å²) in [6, 6.07) is 3.91. The third kappa shape index (κ3) is 4.67. The van der Waals surface area contributed by atoms with Gasteiger partial charge in [0.15, 0.2) is 0 Å². The van der Waals surface area contributed by atoms with E-state index in [1.165, 1.54) is 19.4 Å². The van der Waals surface area contributed by atoms with Crippen molar-refractivity contribution in [2.24, 2.45) is 17.4 Å². The van der Waals surface area contributed by atoms with Gasteiger partial charge in [-0.05, 0) is 84.0 Å². The predicted molar refractivity (Wildman–Crippen MR) is 128 cm³/mol. The first-order chi connectivity index (χ1) is 14.5. The summed E-state index contributed by atoms with van der Waals surface area (Å²) in [7, 11) is 0.470. The van der Waals surface area contributed by atoms with Crippen molar-refractivity contribution in [2.75, 3.05) is 19.6 Å². The number of benzene rings is 1. The zero-order valence-corrected chi connectivity index (χ0v) is 20.4. The van der Waals surface area contributed by atoms with Crippen molar-refractivity contribution < 1.29 is 4.21 Å². The minimum Gasteiger partial charge on any atom is -0.302 e. The molecule has 2 heterocycles. The van der Waals surface area contributed by atoms with E-state index in [4.69, 9.17) is 4.98 Å². The van der Waals surface area contributed by atoms with E-state index >= 15 is 0 Å². The summed E-state index contributed by atoms with van der Waals surface area (Å²) in [5, 5.41) is 0.602. The summed E-state index contributed by atoms with van der Waals surface area (Å²) in [5.41, 5.74) is 3.10. The third-order valence-electron chi connectivity index (χ3n) is 6.34. The molecule has 2 fully saturated rings. The van der Waals surface area contributed by atoms with Crippen molar-refractivity contribution in [3.05, 3.63) is 39.4 Å². The molecule has 1 unspecified atom stereocenters. The Hall–Kier alpha value is -1.86. The normalized spacial score (nSPS) is 21.7. The Morgan fingerprint density at radius 2 is 1.97 bits per heavy atom. The van der Waals surface area contributed by atoms with Crippen LogP contribution < -0.4 is 5.56 Å². The molecule has 0 radical (unpaired) electrons. The molecule has 4 rings (SSSR count). The van der Waals surface area contributed by atoms with Crippen molar-refractivity contribution in [3.63, 3.8) is 0 Å². The topological polar surface area (TPSA) is 67.6 Å². The Morgan fingerprint density at radius 1 is 1.26 bits per heavy atom. The number of likely N-dealkylation sites (tertiary alicyclic amines) is 1. The highest BCUT2D eigenvalue weighted by Gasteiger charge is 2.32. The van der Waals surface area contributed by atoms with Crippen LogP contribution in [-0.4, -0.2) is 48.8 Å². The van der Waals surface area contributed by atoms with Crippen LogP contribution in [0.5, 0.6) is 0 Å². The number of hydrogen-bond acceptors (Lipinski definition) is 4. The zero-order chi connectivity index (χ0) is 22.5. The van der Waals surface area contributed by atoms with E-state index in [0.717, 1.165) is 42.4 Å². The van der Waals surface area contributed by atoms with Gasteiger partial charge in [0.25, 0.3) is 5.56 Å². The van der Waals surface area contributed by atoms with Gasteiger partial charge in [0.1, 0.15) is 16.8 Å². The third-order valence-corrected chi connectivity index (χ3v) is 7.83. The minimum absolute atomic E-state index is 0.0182. The molecule has 0 N–H and O–H groups in total. The van der Waals surface area contributed by atoms with Crippen LogP contribution in [0.2, 0.25) is 0 Å². The van der Waals surface area contributed by atoms with Crippen LogP contribution in [0.25, 0.3) is 10.9 Å². The quantitative estimate of drug-likeness (QED) is 0.662.